The van der Waals surface area contributed by atoms with Gasteiger partial charge in [-0.1, -0.05) is 29.8 Å². The molecule has 0 fully saturated rings. The summed E-state index contributed by atoms with van der Waals surface area (Å²) < 4.78 is 32.1. The molecule has 3 rings (SSSR count). The smallest absolute Gasteiger partial charge is 0.258 e. The summed E-state index contributed by atoms with van der Waals surface area (Å²) >= 11 is 0. The monoisotopic (exact) mass is 440 g/mol. The first-order valence-corrected chi connectivity index (χ1v) is 11.1. The Bertz CT molecular complexity index is 1150. The highest BCUT2D eigenvalue weighted by Gasteiger charge is 2.22. The standard InChI is InChI=1S/C22H24N4O4S/c1-4-30-20-8-6-5-7-19(20)25-22(27)17-13-23-21(24-14-17)15-26(3)31(28,29)18-11-9-16(2)10-12-18/h5-14H,4,15H2,1-3H3,(H,25,27). The van der Waals surface area contributed by atoms with E-state index in [9.17, 15) is 13.2 Å². The third-order valence-corrected chi connectivity index (χ3v) is 6.31. The van der Waals surface area contributed by atoms with Crippen molar-refractivity contribution in [1.82, 2.24) is 14.3 Å². The molecule has 0 atom stereocenters. The number of rotatable bonds is 8. The van der Waals surface area contributed by atoms with Crippen LogP contribution in [0.3, 0.4) is 0 Å². The van der Waals surface area contributed by atoms with Gasteiger partial charge < -0.3 is 10.1 Å². The van der Waals surface area contributed by atoms with Crippen LogP contribution in [0.2, 0.25) is 0 Å². The summed E-state index contributed by atoms with van der Waals surface area (Å²) in [6.45, 7) is 4.21. The van der Waals surface area contributed by atoms with Gasteiger partial charge in [-0.25, -0.2) is 18.4 Å². The highest BCUT2D eigenvalue weighted by atomic mass is 32.2. The van der Waals surface area contributed by atoms with Crippen molar-refractivity contribution in [2.24, 2.45) is 0 Å². The lowest BCUT2D eigenvalue weighted by atomic mass is 10.2. The minimum absolute atomic E-state index is 0.0225. The molecule has 1 aromatic heterocycles. The number of nitrogens with one attached hydrogen (secondary N) is 1. The molecule has 0 saturated carbocycles. The van der Waals surface area contributed by atoms with Crippen molar-refractivity contribution >= 4 is 21.6 Å². The lowest BCUT2D eigenvalue weighted by Crippen LogP contribution is -2.27. The van der Waals surface area contributed by atoms with E-state index in [0.717, 1.165) is 5.56 Å². The van der Waals surface area contributed by atoms with Crippen LogP contribution in [0, 0.1) is 6.92 Å². The highest BCUT2D eigenvalue weighted by molar-refractivity contribution is 7.89. The second-order valence-electron chi connectivity index (χ2n) is 6.85. The molecule has 1 N–H and O–H groups in total. The van der Waals surface area contributed by atoms with Gasteiger partial charge in [0.2, 0.25) is 10.0 Å². The van der Waals surface area contributed by atoms with E-state index in [-0.39, 0.29) is 28.7 Å². The number of hydrogen-bond donors (Lipinski definition) is 1. The third kappa shape index (κ3) is 5.44. The van der Waals surface area contributed by atoms with Gasteiger partial charge in [0.1, 0.15) is 11.6 Å². The van der Waals surface area contributed by atoms with Crippen molar-refractivity contribution in [2.75, 3.05) is 19.0 Å². The summed E-state index contributed by atoms with van der Waals surface area (Å²) in [5.41, 5.74) is 1.77. The lowest BCUT2D eigenvalue weighted by molar-refractivity contribution is 0.102. The Hall–Kier alpha value is -3.30. The molecule has 3 aromatic rings. The molecule has 2 aromatic carbocycles. The second-order valence-corrected chi connectivity index (χ2v) is 8.89. The molecule has 0 bridgehead atoms. The number of para-hydroxylation sites is 2. The zero-order valence-electron chi connectivity index (χ0n) is 17.6. The molecule has 1 heterocycles. The third-order valence-electron chi connectivity index (χ3n) is 4.50. The predicted octanol–water partition coefficient (Wildman–Crippen LogP) is 3.26. The molecule has 9 heteroatoms. The molecule has 0 spiro atoms. The number of amides is 1. The Morgan fingerprint density at radius 2 is 1.71 bits per heavy atom. The minimum Gasteiger partial charge on any atom is -0.492 e. The number of benzene rings is 2. The number of nitrogens with zero attached hydrogens (tertiary/aromatic N) is 3. The quantitative estimate of drug-likeness (QED) is 0.577. The normalized spacial score (nSPS) is 11.4. The number of aryl methyl sites for hydroxylation is 1. The second kappa shape index (κ2) is 9.67. The Labute approximate surface area is 182 Å². The number of carbonyl (C=O) groups excluding carboxylic acids is 1. The molecule has 0 saturated heterocycles. The zero-order valence-corrected chi connectivity index (χ0v) is 18.4. The molecule has 1 amide bonds. The van der Waals surface area contributed by atoms with E-state index in [1.54, 1.807) is 42.5 Å². The van der Waals surface area contributed by atoms with Crippen molar-refractivity contribution < 1.29 is 17.9 Å². The fourth-order valence-corrected chi connectivity index (χ4v) is 3.90. The topological polar surface area (TPSA) is 101 Å². The maximum absolute atomic E-state index is 12.7. The van der Waals surface area contributed by atoms with Crippen LogP contribution in [0.25, 0.3) is 0 Å². The SMILES string of the molecule is CCOc1ccccc1NC(=O)c1cnc(CN(C)S(=O)(=O)c2ccc(C)cc2)nc1. The van der Waals surface area contributed by atoms with Crippen LogP contribution >= 0.6 is 0 Å². The van der Waals surface area contributed by atoms with Gasteiger partial charge in [0.05, 0.1) is 29.3 Å². The molecular weight excluding hydrogens is 416 g/mol. The summed E-state index contributed by atoms with van der Waals surface area (Å²) in [7, 11) is -2.21. The van der Waals surface area contributed by atoms with Gasteiger partial charge in [0.15, 0.2) is 0 Å². The molecule has 8 nitrogen and oxygen atoms in total. The van der Waals surface area contributed by atoms with Crippen LogP contribution in [-0.4, -0.2) is 42.3 Å². The van der Waals surface area contributed by atoms with Gasteiger partial charge in [-0.05, 0) is 38.1 Å². The summed E-state index contributed by atoms with van der Waals surface area (Å²) in [5.74, 6) is 0.461. The van der Waals surface area contributed by atoms with E-state index in [1.807, 2.05) is 19.9 Å². The highest BCUT2D eigenvalue weighted by Crippen LogP contribution is 2.24. The van der Waals surface area contributed by atoms with Crippen LogP contribution in [0.1, 0.15) is 28.7 Å². The van der Waals surface area contributed by atoms with Crippen molar-refractivity contribution in [3.05, 3.63) is 77.9 Å². The Kier molecular flexibility index (Phi) is 6.98. The first-order valence-electron chi connectivity index (χ1n) is 9.68. The summed E-state index contributed by atoms with van der Waals surface area (Å²) in [4.78, 5) is 21.0. The van der Waals surface area contributed by atoms with E-state index in [0.29, 0.717) is 18.0 Å². The van der Waals surface area contributed by atoms with Crippen molar-refractivity contribution in [3.63, 3.8) is 0 Å². The predicted molar refractivity (Wildman–Crippen MR) is 117 cm³/mol. The first kappa shape index (κ1) is 22.4. The fourth-order valence-electron chi connectivity index (χ4n) is 2.77. The van der Waals surface area contributed by atoms with Crippen molar-refractivity contribution in [1.29, 1.82) is 0 Å². The van der Waals surface area contributed by atoms with Crippen LogP contribution in [0.15, 0.2) is 65.8 Å². The zero-order chi connectivity index (χ0) is 22.4. The summed E-state index contributed by atoms with van der Waals surface area (Å²) in [6.07, 6.45) is 2.74. The van der Waals surface area contributed by atoms with E-state index in [1.165, 1.54) is 23.7 Å². The molecule has 0 unspecified atom stereocenters. The number of carbonyl (C=O) groups is 1. The van der Waals surface area contributed by atoms with Crippen LogP contribution in [0.5, 0.6) is 5.75 Å². The molecule has 0 aliphatic rings. The number of aromatic nitrogens is 2. The van der Waals surface area contributed by atoms with E-state index < -0.39 is 10.0 Å². The van der Waals surface area contributed by atoms with Gasteiger partial charge in [-0.2, -0.15) is 4.31 Å². The molecule has 162 valence electrons. The first-order chi connectivity index (χ1) is 14.8. The summed E-state index contributed by atoms with van der Waals surface area (Å²) in [6, 6.07) is 13.7. The lowest BCUT2D eigenvalue weighted by Gasteiger charge is -2.16. The number of ether oxygens (including phenoxy) is 1. The van der Waals surface area contributed by atoms with Crippen molar-refractivity contribution in [2.45, 2.75) is 25.3 Å². The summed E-state index contributed by atoms with van der Waals surface area (Å²) in [5, 5.41) is 2.77. The van der Waals surface area contributed by atoms with E-state index in [4.69, 9.17) is 4.74 Å². The minimum atomic E-state index is -3.67. The Morgan fingerprint density at radius 1 is 1.06 bits per heavy atom. The molecule has 31 heavy (non-hydrogen) atoms. The Morgan fingerprint density at radius 3 is 2.35 bits per heavy atom. The average molecular weight is 441 g/mol. The van der Waals surface area contributed by atoms with Gasteiger partial charge in [0.25, 0.3) is 5.91 Å². The van der Waals surface area contributed by atoms with E-state index in [2.05, 4.69) is 15.3 Å². The molecule has 0 radical (unpaired) electrons. The van der Waals surface area contributed by atoms with E-state index >= 15 is 0 Å². The number of sulfonamides is 1. The maximum Gasteiger partial charge on any atom is 0.258 e. The van der Waals surface area contributed by atoms with Crippen LogP contribution < -0.4 is 10.1 Å². The van der Waals surface area contributed by atoms with Crippen LogP contribution in [0.4, 0.5) is 5.69 Å². The number of anilines is 1. The molecule has 0 aliphatic heterocycles. The molecular formula is C22H24N4O4S. The molecule has 0 aliphatic carbocycles. The van der Waals surface area contributed by atoms with Crippen LogP contribution in [-0.2, 0) is 16.6 Å². The van der Waals surface area contributed by atoms with Gasteiger partial charge in [0, 0.05) is 19.4 Å². The fraction of sp³-hybridized carbons (Fsp3) is 0.227. The average Bonchev–Trinajstić information content (AvgIpc) is 2.76. The maximum atomic E-state index is 12.7. The Balaban J connectivity index is 1.68. The van der Waals surface area contributed by atoms with Gasteiger partial charge in [-0.3, -0.25) is 4.79 Å². The van der Waals surface area contributed by atoms with Gasteiger partial charge in [-0.15, -0.1) is 0 Å². The number of hydrogen-bond acceptors (Lipinski definition) is 6. The largest absolute Gasteiger partial charge is 0.492 e. The van der Waals surface area contributed by atoms with Crippen molar-refractivity contribution in [3.8, 4) is 5.75 Å². The van der Waals surface area contributed by atoms with Gasteiger partial charge >= 0.3 is 0 Å².